The first-order chi connectivity index (χ1) is 14.2. The number of hydrogen-bond acceptors (Lipinski definition) is 4. The van der Waals surface area contributed by atoms with E-state index >= 15 is 0 Å². The Labute approximate surface area is 178 Å². The van der Waals surface area contributed by atoms with Gasteiger partial charge in [0.1, 0.15) is 9.92 Å². The number of amides is 2. The van der Waals surface area contributed by atoms with Crippen molar-refractivity contribution in [2.45, 2.75) is 56.4 Å². The van der Waals surface area contributed by atoms with Gasteiger partial charge in [0.2, 0.25) is 0 Å². The smallest absolute Gasteiger partial charge is 0.305 e. The maximum absolute atomic E-state index is 13.0. The van der Waals surface area contributed by atoms with E-state index in [1.165, 1.54) is 0 Å². The van der Waals surface area contributed by atoms with E-state index in [2.05, 4.69) is 16.6 Å². The van der Waals surface area contributed by atoms with Crippen LogP contribution in [-0.2, 0) is 35.7 Å². The molecular weight excluding hydrogens is 398 g/mol. The highest BCUT2D eigenvalue weighted by Crippen LogP contribution is 2.41. The summed E-state index contributed by atoms with van der Waals surface area (Å²) in [5.41, 5.74) is 6.24. The fourth-order valence-electron chi connectivity index (χ4n) is 4.41. The summed E-state index contributed by atoms with van der Waals surface area (Å²) in [4.78, 5) is 20.0. The summed E-state index contributed by atoms with van der Waals surface area (Å²) in [5.74, 6) is 0.387. The molecule has 1 aromatic heterocycles. The van der Waals surface area contributed by atoms with E-state index in [9.17, 15) is 9.00 Å². The number of carbonyl (C=O) groups excluding carboxylic acids is 1. The van der Waals surface area contributed by atoms with Crippen LogP contribution in [0.1, 0.15) is 53.8 Å². The molecule has 0 aliphatic heterocycles. The Kier molecular flexibility index (Phi) is 5.65. The van der Waals surface area contributed by atoms with Crippen molar-refractivity contribution in [3.05, 3.63) is 52.3 Å². The van der Waals surface area contributed by atoms with Crippen molar-refractivity contribution >= 4 is 21.6 Å². The van der Waals surface area contributed by atoms with Gasteiger partial charge < -0.3 is 10.2 Å². The Hall–Kier alpha value is -2.29. The van der Waals surface area contributed by atoms with E-state index < -0.39 is 15.9 Å². The summed E-state index contributed by atoms with van der Waals surface area (Å²) >= 11 is 0. The first-order valence-corrected chi connectivity index (χ1v) is 12.0. The van der Waals surface area contributed by atoms with Crippen molar-refractivity contribution in [1.82, 2.24) is 9.88 Å². The topological polar surface area (TPSA) is 101 Å². The number of hydrogen-bond donors (Lipinski definition) is 2. The average Bonchev–Trinajstić information content (AvgIpc) is 3.28. The number of fused-ring (bicyclic) bond motifs is 2. The van der Waals surface area contributed by atoms with Crippen LogP contribution in [0.15, 0.2) is 33.5 Å². The van der Waals surface area contributed by atoms with Gasteiger partial charge in [-0.2, -0.15) is 0 Å². The molecule has 4 rings (SSSR count). The average molecular weight is 428 g/mol. The van der Waals surface area contributed by atoms with E-state index in [4.69, 9.17) is 10.1 Å². The Morgan fingerprint density at radius 1 is 1.23 bits per heavy atom. The normalized spacial score (nSPS) is 19.3. The number of anilines is 1. The fourth-order valence-corrected chi connectivity index (χ4v) is 5.34. The molecule has 2 aliphatic carbocycles. The van der Waals surface area contributed by atoms with E-state index in [1.54, 1.807) is 12.1 Å². The molecule has 0 saturated carbocycles. The highest BCUT2D eigenvalue weighted by molar-refractivity contribution is 7.91. The highest BCUT2D eigenvalue weighted by Gasteiger charge is 2.30. The number of carbonyl (C=O) groups is 1. The minimum Gasteiger partial charge on any atom is -0.305 e. The SMILES string of the molecule is CC1CCc2c1nc1c(c2NC(=O)N=[S@](N)(=O)c2ccc(CN(C)C)cc2)CCC1. The first kappa shape index (κ1) is 21.0. The molecule has 1 aromatic carbocycles. The number of aryl methyl sites for hydroxylation is 1. The van der Waals surface area contributed by atoms with Gasteiger partial charge in [0.15, 0.2) is 0 Å². The third kappa shape index (κ3) is 4.12. The van der Waals surface area contributed by atoms with Crippen LogP contribution >= 0.6 is 0 Å². The second-order valence-electron chi connectivity index (χ2n) is 8.54. The molecule has 2 atom stereocenters. The van der Waals surface area contributed by atoms with Crippen molar-refractivity contribution in [1.29, 1.82) is 0 Å². The Morgan fingerprint density at radius 3 is 2.67 bits per heavy atom. The van der Waals surface area contributed by atoms with Crippen molar-refractivity contribution in [2.75, 3.05) is 19.4 Å². The predicted octanol–water partition coefficient (Wildman–Crippen LogP) is 3.61. The second kappa shape index (κ2) is 8.09. The zero-order valence-electron chi connectivity index (χ0n) is 17.8. The van der Waals surface area contributed by atoms with Gasteiger partial charge in [0, 0.05) is 17.9 Å². The molecule has 1 unspecified atom stereocenters. The Morgan fingerprint density at radius 2 is 1.97 bits per heavy atom. The molecule has 0 saturated heterocycles. The first-order valence-electron chi connectivity index (χ1n) is 10.4. The van der Waals surface area contributed by atoms with Crippen LogP contribution in [0.3, 0.4) is 0 Å². The van der Waals surface area contributed by atoms with Gasteiger partial charge in [-0.3, -0.25) is 4.98 Å². The lowest BCUT2D eigenvalue weighted by molar-refractivity contribution is 0.260. The van der Waals surface area contributed by atoms with Crippen LogP contribution in [-0.4, -0.2) is 34.2 Å². The van der Waals surface area contributed by atoms with E-state index in [0.717, 1.165) is 72.4 Å². The second-order valence-corrected chi connectivity index (χ2v) is 10.3. The summed E-state index contributed by atoms with van der Waals surface area (Å²) in [5, 5.41) is 8.88. The number of pyridine rings is 1. The molecule has 2 amide bonds. The molecule has 0 radical (unpaired) electrons. The van der Waals surface area contributed by atoms with E-state index in [-0.39, 0.29) is 0 Å². The van der Waals surface area contributed by atoms with Crippen molar-refractivity contribution < 1.29 is 9.00 Å². The summed E-state index contributed by atoms with van der Waals surface area (Å²) < 4.78 is 16.8. The fraction of sp³-hybridized carbons (Fsp3) is 0.455. The molecule has 0 bridgehead atoms. The number of benzene rings is 1. The highest BCUT2D eigenvalue weighted by atomic mass is 32.2. The minimum absolute atomic E-state index is 0.346. The van der Waals surface area contributed by atoms with Gasteiger partial charge in [-0.15, -0.1) is 4.36 Å². The number of rotatable bonds is 4. The summed E-state index contributed by atoms with van der Waals surface area (Å²) in [6.45, 7) is 2.93. The zero-order valence-corrected chi connectivity index (χ0v) is 18.6. The van der Waals surface area contributed by atoms with Gasteiger partial charge >= 0.3 is 6.03 Å². The summed E-state index contributed by atoms with van der Waals surface area (Å²) in [7, 11) is 0.628. The monoisotopic (exact) mass is 427 g/mol. The van der Waals surface area contributed by atoms with E-state index in [0.29, 0.717) is 10.8 Å². The molecule has 2 aromatic rings. The largest absolute Gasteiger partial charge is 0.354 e. The zero-order chi connectivity index (χ0) is 21.5. The minimum atomic E-state index is -3.33. The lowest BCUT2D eigenvalue weighted by atomic mass is 10.0. The molecule has 7 nitrogen and oxygen atoms in total. The summed E-state index contributed by atoms with van der Waals surface area (Å²) in [6, 6.07) is 6.42. The quantitative estimate of drug-likeness (QED) is 0.778. The van der Waals surface area contributed by atoms with Gasteiger partial charge in [0.05, 0.1) is 10.6 Å². The molecule has 0 spiro atoms. The van der Waals surface area contributed by atoms with Crippen LogP contribution in [0.2, 0.25) is 0 Å². The predicted molar refractivity (Wildman–Crippen MR) is 119 cm³/mol. The number of aromatic nitrogens is 1. The third-order valence-corrected chi connectivity index (χ3v) is 7.25. The molecule has 2 aliphatic rings. The molecule has 1 heterocycles. The van der Waals surface area contributed by atoms with Crippen LogP contribution in [0.25, 0.3) is 0 Å². The van der Waals surface area contributed by atoms with Crippen molar-refractivity contribution in [2.24, 2.45) is 9.50 Å². The van der Waals surface area contributed by atoms with Gasteiger partial charge in [-0.05, 0) is 80.9 Å². The maximum Gasteiger partial charge on any atom is 0.354 e. The van der Waals surface area contributed by atoms with Crippen molar-refractivity contribution in [3.63, 3.8) is 0 Å². The molecule has 3 N–H and O–H groups in total. The van der Waals surface area contributed by atoms with Crippen LogP contribution in [0, 0.1) is 0 Å². The maximum atomic E-state index is 13.0. The molecule has 160 valence electrons. The number of nitrogens with zero attached hydrogens (tertiary/aromatic N) is 3. The van der Waals surface area contributed by atoms with Gasteiger partial charge in [-0.25, -0.2) is 14.1 Å². The molecule has 8 heteroatoms. The van der Waals surface area contributed by atoms with Crippen LogP contribution in [0.4, 0.5) is 10.5 Å². The molecule has 30 heavy (non-hydrogen) atoms. The number of nitrogens with two attached hydrogens (primary N) is 1. The summed E-state index contributed by atoms with van der Waals surface area (Å²) in [6.07, 6.45) is 4.77. The molecular formula is C22H29N5O2S. The van der Waals surface area contributed by atoms with Gasteiger partial charge in [0.25, 0.3) is 0 Å². The van der Waals surface area contributed by atoms with Gasteiger partial charge in [-0.1, -0.05) is 19.1 Å². The third-order valence-electron chi connectivity index (χ3n) is 5.86. The van der Waals surface area contributed by atoms with Crippen molar-refractivity contribution in [3.8, 4) is 0 Å². The van der Waals surface area contributed by atoms with Crippen LogP contribution in [0.5, 0.6) is 0 Å². The Bertz CT molecular complexity index is 1100. The number of nitrogens with one attached hydrogen (secondary N) is 1. The lowest BCUT2D eigenvalue weighted by Gasteiger charge is -2.15. The molecule has 0 fully saturated rings. The van der Waals surface area contributed by atoms with Crippen LogP contribution < -0.4 is 10.5 Å². The standard InChI is InChI=1S/C22H29N5O2S/c1-14-7-12-18-20(14)24-19-6-4-5-17(19)21(18)25-22(28)26-30(23,29)16-10-8-15(9-11-16)13-27(2)3/h8-11,14H,4-7,12-13H2,1-3H3,(H3,23,24,25,26,28,29)/t14?,30-/m0/s1. The Balaban J connectivity index is 1.61. The van der Waals surface area contributed by atoms with E-state index in [1.807, 2.05) is 31.1 Å². The lowest BCUT2D eigenvalue weighted by Crippen LogP contribution is -2.19. The number of urea groups is 1.